The molecule has 8 heteroatoms. The number of hydrogen-bond donors (Lipinski definition) is 4. The van der Waals surface area contributed by atoms with E-state index in [9.17, 15) is 14.7 Å². The van der Waals surface area contributed by atoms with Gasteiger partial charge in [-0.1, -0.05) is 13.3 Å². The number of nitrogens with zero attached hydrogens (tertiary/aromatic N) is 2. The van der Waals surface area contributed by atoms with Crippen molar-refractivity contribution in [1.29, 1.82) is 0 Å². The average molecular weight is 359 g/mol. The fraction of sp³-hybridized carbons (Fsp3) is 0.556. The molecule has 1 aliphatic carbocycles. The molecular weight excluding hydrogens is 334 g/mol. The number of amides is 2. The summed E-state index contributed by atoms with van der Waals surface area (Å²) < 4.78 is 0. The summed E-state index contributed by atoms with van der Waals surface area (Å²) >= 11 is 0. The molecule has 2 amide bonds. The van der Waals surface area contributed by atoms with Crippen LogP contribution >= 0.6 is 0 Å². The highest BCUT2D eigenvalue weighted by Crippen LogP contribution is 2.31. The lowest BCUT2D eigenvalue weighted by Crippen LogP contribution is -2.60. The number of fused-ring (bicyclic) bond motifs is 1. The average Bonchev–Trinajstić information content (AvgIpc) is 3.01. The van der Waals surface area contributed by atoms with Gasteiger partial charge in [0.1, 0.15) is 5.69 Å². The van der Waals surface area contributed by atoms with Gasteiger partial charge in [0.25, 0.3) is 5.91 Å². The van der Waals surface area contributed by atoms with Gasteiger partial charge in [-0.2, -0.15) is 5.10 Å². The molecule has 2 aromatic rings. The Morgan fingerprint density at radius 2 is 2.23 bits per heavy atom. The van der Waals surface area contributed by atoms with Crippen molar-refractivity contribution in [2.24, 2.45) is 0 Å². The first kappa shape index (κ1) is 18.3. The monoisotopic (exact) mass is 359 g/mol. The van der Waals surface area contributed by atoms with E-state index in [0.29, 0.717) is 29.7 Å². The van der Waals surface area contributed by atoms with Gasteiger partial charge >= 0.3 is 0 Å². The number of nitrogens with one attached hydrogen (secondary N) is 3. The van der Waals surface area contributed by atoms with E-state index < -0.39 is 11.6 Å². The third kappa shape index (κ3) is 4.01. The summed E-state index contributed by atoms with van der Waals surface area (Å²) in [6.07, 6.45) is 5.16. The van der Waals surface area contributed by atoms with Crippen LogP contribution in [0.15, 0.2) is 18.3 Å². The normalized spacial score (nSPS) is 16.7. The number of hydrogen-bond acceptors (Lipinski definition) is 5. The Labute approximate surface area is 151 Å². The minimum absolute atomic E-state index is 0.0920. The molecule has 3 rings (SSSR count). The number of aliphatic hydroxyl groups excluding tert-OH is 1. The first-order chi connectivity index (χ1) is 12.5. The minimum atomic E-state index is -0.615. The second-order valence-electron chi connectivity index (χ2n) is 6.98. The molecule has 1 atom stereocenters. The molecule has 140 valence electrons. The van der Waals surface area contributed by atoms with E-state index in [-0.39, 0.29) is 18.2 Å². The Morgan fingerprint density at radius 3 is 2.92 bits per heavy atom. The third-order valence-corrected chi connectivity index (χ3v) is 4.91. The predicted octanol–water partition coefficient (Wildman–Crippen LogP) is 1.28. The van der Waals surface area contributed by atoms with Crippen LogP contribution in [0.5, 0.6) is 0 Å². The zero-order valence-corrected chi connectivity index (χ0v) is 14.9. The van der Waals surface area contributed by atoms with Gasteiger partial charge in [-0.25, -0.2) is 4.98 Å². The molecule has 1 fully saturated rings. The number of rotatable bonds is 8. The molecule has 0 spiro atoms. The lowest BCUT2D eigenvalue weighted by molar-refractivity contribution is -0.123. The fourth-order valence-electron chi connectivity index (χ4n) is 3.27. The molecular formula is C18H25N5O3. The van der Waals surface area contributed by atoms with Crippen LogP contribution in [0.2, 0.25) is 0 Å². The molecule has 1 saturated carbocycles. The molecule has 0 bridgehead atoms. The highest BCUT2D eigenvalue weighted by molar-refractivity contribution is 6.04. The Bertz CT molecular complexity index is 784. The standard InChI is InChI=1S/C18H25N5O3/c1-2-5-12(24)10-14(25)20-11-18(7-4-8-18)21-17(26)15-13-6-3-9-19-16(13)23-22-15/h3,6,9,12,24H,2,4-5,7-8,10-11H2,1H3,(H,20,25)(H,21,26)(H,19,22,23). The summed E-state index contributed by atoms with van der Waals surface area (Å²) in [5.74, 6) is -0.442. The summed E-state index contributed by atoms with van der Waals surface area (Å²) in [6, 6.07) is 3.56. The first-order valence-corrected chi connectivity index (χ1v) is 9.09. The van der Waals surface area contributed by atoms with Gasteiger partial charge in [-0.05, 0) is 37.8 Å². The van der Waals surface area contributed by atoms with Gasteiger partial charge in [0.15, 0.2) is 5.65 Å². The van der Waals surface area contributed by atoms with Crippen molar-refractivity contribution in [2.45, 2.75) is 57.1 Å². The topological polar surface area (TPSA) is 120 Å². The van der Waals surface area contributed by atoms with Crippen LogP contribution in [-0.2, 0) is 4.79 Å². The smallest absolute Gasteiger partial charge is 0.270 e. The van der Waals surface area contributed by atoms with Crippen LogP contribution in [0.3, 0.4) is 0 Å². The number of pyridine rings is 1. The van der Waals surface area contributed by atoms with Crippen molar-refractivity contribution >= 4 is 22.8 Å². The van der Waals surface area contributed by atoms with Crippen molar-refractivity contribution in [1.82, 2.24) is 25.8 Å². The van der Waals surface area contributed by atoms with Gasteiger partial charge in [0, 0.05) is 12.7 Å². The van der Waals surface area contributed by atoms with E-state index in [4.69, 9.17) is 0 Å². The maximum absolute atomic E-state index is 12.7. The molecule has 26 heavy (non-hydrogen) atoms. The van der Waals surface area contributed by atoms with Gasteiger partial charge in [0.05, 0.1) is 23.4 Å². The third-order valence-electron chi connectivity index (χ3n) is 4.91. The van der Waals surface area contributed by atoms with E-state index in [1.807, 2.05) is 6.92 Å². The molecule has 2 heterocycles. The Balaban J connectivity index is 1.60. The maximum atomic E-state index is 12.7. The van der Waals surface area contributed by atoms with Crippen molar-refractivity contribution < 1.29 is 14.7 Å². The summed E-state index contributed by atoms with van der Waals surface area (Å²) in [4.78, 5) is 28.8. The Kier molecular flexibility index (Phi) is 5.51. The van der Waals surface area contributed by atoms with Crippen LogP contribution in [0.25, 0.3) is 11.0 Å². The van der Waals surface area contributed by atoms with Gasteiger partial charge < -0.3 is 15.7 Å². The number of carbonyl (C=O) groups excluding carboxylic acids is 2. The second kappa shape index (κ2) is 7.82. The molecule has 1 aliphatic rings. The fourth-order valence-corrected chi connectivity index (χ4v) is 3.27. The zero-order valence-electron chi connectivity index (χ0n) is 14.9. The zero-order chi connectivity index (χ0) is 18.6. The molecule has 0 aromatic carbocycles. The van der Waals surface area contributed by atoms with E-state index in [1.165, 1.54) is 0 Å². The first-order valence-electron chi connectivity index (χ1n) is 9.09. The minimum Gasteiger partial charge on any atom is -0.393 e. The van der Waals surface area contributed by atoms with E-state index in [1.54, 1.807) is 18.3 Å². The number of aromatic nitrogens is 3. The van der Waals surface area contributed by atoms with Crippen molar-refractivity contribution in [3.8, 4) is 0 Å². The molecule has 0 saturated heterocycles. The summed E-state index contributed by atoms with van der Waals surface area (Å²) in [5, 5.41) is 23.1. The van der Waals surface area contributed by atoms with Crippen molar-refractivity contribution in [3.05, 3.63) is 24.0 Å². The maximum Gasteiger partial charge on any atom is 0.270 e. The van der Waals surface area contributed by atoms with Crippen LogP contribution in [0.1, 0.15) is 55.9 Å². The number of aromatic amines is 1. The van der Waals surface area contributed by atoms with Crippen LogP contribution < -0.4 is 10.6 Å². The molecule has 0 aliphatic heterocycles. The van der Waals surface area contributed by atoms with Crippen LogP contribution in [0.4, 0.5) is 0 Å². The lowest BCUT2D eigenvalue weighted by Gasteiger charge is -2.42. The highest BCUT2D eigenvalue weighted by atomic mass is 16.3. The lowest BCUT2D eigenvalue weighted by atomic mass is 9.76. The highest BCUT2D eigenvalue weighted by Gasteiger charge is 2.39. The quantitative estimate of drug-likeness (QED) is 0.566. The Hall–Kier alpha value is -2.48. The number of H-pyrrole nitrogens is 1. The van der Waals surface area contributed by atoms with Gasteiger partial charge in [-0.3, -0.25) is 14.7 Å². The molecule has 8 nitrogen and oxygen atoms in total. The molecule has 4 N–H and O–H groups in total. The predicted molar refractivity (Wildman–Crippen MR) is 96.5 cm³/mol. The van der Waals surface area contributed by atoms with E-state index in [0.717, 1.165) is 25.7 Å². The molecule has 0 radical (unpaired) electrons. The van der Waals surface area contributed by atoms with Crippen LogP contribution in [-0.4, -0.2) is 50.3 Å². The Morgan fingerprint density at radius 1 is 1.42 bits per heavy atom. The molecule has 2 aromatic heterocycles. The summed E-state index contributed by atoms with van der Waals surface area (Å²) in [5.41, 5.74) is 0.435. The largest absolute Gasteiger partial charge is 0.393 e. The SMILES string of the molecule is CCCC(O)CC(=O)NCC1(NC(=O)c2[nH]nc3ncccc23)CCC1. The van der Waals surface area contributed by atoms with Crippen molar-refractivity contribution in [2.75, 3.05) is 6.54 Å². The van der Waals surface area contributed by atoms with E-state index >= 15 is 0 Å². The molecule has 1 unspecified atom stereocenters. The van der Waals surface area contributed by atoms with Gasteiger partial charge in [-0.15, -0.1) is 0 Å². The summed E-state index contributed by atoms with van der Waals surface area (Å²) in [7, 11) is 0. The van der Waals surface area contributed by atoms with Gasteiger partial charge in [0.2, 0.25) is 5.91 Å². The number of aliphatic hydroxyl groups is 1. The van der Waals surface area contributed by atoms with Crippen molar-refractivity contribution in [3.63, 3.8) is 0 Å². The second-order valence-corrected chi connectivity index (χ2v) is 6.98. The number of carbonyl (C=O) groups is 2. The van der Waals surface area contributed by atoms with Crippen LogP contribution in [0, 0.1) is 0 Å². The summed E-state index contributed by atoms with van der Waals surface area (Å²) in [6.45, 7) is 2.33. The van der Waals surface area contributed by atoms with E-state index in [2.05, 4.69) is 25.8 Å².